The molecule has 0 bridgehead atoms. The van der Waals surface area contributed by atoms with Gasteiger partial charge in [-0.2, -0.15) is 4.57 Å². The Hall–Kier alpha value is -1.84. The molecule has 1 heterocycles. The number of fused-ring (bicyclic) bond motifs is 1. The van der Waals surface area contributed by atoms with Gasteiger partial charge in [0.05, 0.1) is 0 Å². The van der Waals surface area contributed by atoms with Crippen molar-refractivity contribution in [2.45, 2.75) is 58.4 Å². The first-order valence-electron chi connectivity index (χ1n) is 7.86. The number of hydrogen-bond acceptors (Lipinski definition) is 3. The zero-order valence-electron chi connectivity index (χ0n) is 12.6. The molecule has 0 aliphatic carbocycles. The molecule has 0 amide bonds. The molecule has 0 saturated carbocycles. The summed E-state index contributed by atoms with van der Waals surface area (Å²) in [5.41, 5.74) is 1.42. The van der Waals surface area contributed by atoms with Gasteiger partial charge in [-0.15, -0.1) is 0 Å². The zero-order valence-corrected chi connectivity index (χ0v) is 12.6. The van der Waals surface area contributed by atoms with E-state index < -0.39 is 5.97 Å². The number of para-hydroxylation sites is 2. The summed E-state index contributed by atoms with van der Waals surface area (Å²) in [4.78, 5) is 11.2. The number of rotatable bonds is 9. The monoisotopic (exact) mass is 289 g/mol. The van der Waals surface area contributed by atoms with Crippen molar-refractivity contribution >= 4 is 17.1 Å². The van der Waals surface area contributed by atoms with Gasteiger partial charge in [0, 0.05) is 12.5 Å². The zero-order chi connectivity index (χ0) is 15.1. The Balaban J connectivity index is 1.94. The fourth-order valence-corrected chi connectivity index (χ4v) is 2.64. The lowest BCUT2D eigenvalue weighted by Gasteiger charge is -2.00. The second-order valence-electron chi connectivity index (χ2n) is 5.44. The average molecular weight is 289 g/mol. The lowest BCUT2D eigenvalue weighted by Crippen LogP contribution is -2.42. The average Bonchev–Trinajstić information content (AvgIpc) is 2.85. The number of carbonyl (C=O) groups is 1. The maximum atomic E-state index is 11.2. The lowest BCUT2D eigenvalue weighted by atomic mass is 10.1. The fraction of sp³-hybridized carbons (Fsp3) is 0.529. The first kappa shape index (κ1) is 15.5. The van der Waals surface area contributed by atoms with Crippen molar-refractivity contribution in [2.75, 3.05) is 0 Å². The van der Waals surface area contributed by atoms with Crippen LogP contribution in [-0.2, 0) is 6.54 Å². The van der Waals surface area contributed by atoms with Gasteiger partial charge in [-0.1, -0.05) is 51.2 Å². The van der Waals surface area contributed by atoms with Gasteiger partial charge in [0.15, 0.2) is 12.5 Å². The van der Waals surface area contributed by atoms with E-state index in [1.54, 1.807) is 10.6 Å². The van der Waals surface area contributed by atoms with Crippen LogP contribution in [-0.4, -0.2) is 5.97 Å². The molecule has 4 heteroatoms. The summed E-state index contributed by atoms with van der Waals surface area (Å²) >= 11 is 0. The third-order valence-electron chi connectivity index (χ3n) is 3.77. The Morgan fingerprint density at radius 2 is 1.76 bits per heavy atom. The Labute approximate surface area is 125 Å². The molecule has 0 radical (unpaired) electrons. The third kappa shape index (κ3) is 4.06. The molecular formula is C17H23NO3. The van der Waals surface area contributed by atoms with Crippen LogP contribution in [0.25, 0.3) is 11.1 Å². The van der Waals surface area contributed by atoms with Crippen molar-refractivity contribution in [3.63, 3.8) is 0 Å². The number of nitrogens with zero attached hydrogens (tertiary/aromatic N) is 1. The molecule has 0 aliphatic heterocycles. The number of carboxylic acid groups (broad SMARTS) is 1. The van der Waals surface area contributed by atoms with E-state index in [4.69, 9.17) is 4.42 Å². The summed E-state index contributed by atoms with van der Waals surface area (Å²) < 4.78 is 7.09. The number of hydrogen-bond donors (Lipinski definition) is 0. The van der Waals surface area contributed by atoms with Crippen LogP contribution in [0, 0.1) is 0 Å². The van der Waals surface area contributed by atoms with E-state index in [-0.39, 0.29) is 5.89 Å². The third-order valence-corrected chi connectivity index (χ3v) is 3.77. The molecule has 0 aliphatic rings. The van der Waals surface area contributed by atoms with E-state index in [9.17, 15) is 9.90 Å². The molecule has 0 saturated heterocycles. The van der Waals surface area contributed by atoms with Crippen LogP contribution >= 0.6 is 0 Å². The van der Waals surface area contributed by atoms with Crippen molar-refractivity contribution in [1.29, 1.82) is 0 Å². The van der Waals surface area contributed by atoms with Gasteiger partial charge in [-0.25, -0.2) is 0 Å². The highest BCUT2D eigenvalue weighted by Crippen LogP contribution is 2.14. The molecular weight excluding hydrogens is 266 g/mol. The molecule has 0 atom stereocenters. The van der Waals surface area contributed by atoms with Crippen molar-refractivity contribution in [3.05, 3.63) is 30.2 Å². The maximum absolute atomic E-state index is 11.2. The minimum atomic E-state index is -1.26. The number of carbonyl (C=O) groups excluding carboxylic acids is 1. The van der Waals surface area contributed by atoms with Crippen LogP contribution in [0.5, 0.6) is 0 Å². The van der Waals surface area contributed by atoms with E-state index in [2.05, 4.69) is 6.92 Å². The van der Waals surface area contributed by atoms with Crippen molar-refractivity contribution in [3.8, 4) is 0 Å². The van der Waals surface area contributed by atoms with Crippen LogP contribution < -0.4 is 9.67 Å². The molecule has 0 fully saturated rings. The Morgan fingerprint density at radius 3 is 2.48 bits per heavy atom. The quantitative estimate of drug-likeness (QED) is 0.527. The molecule has 0 spiro atoms. The molecule has 21 heavy (non-hydrogen) atoms. The van der Waals surface area contributed by atoms with Crippen molar-refractivity contribution in [2.24, 2.45) is 0 Å². The molecule has 114 valence electrons. The Morgan fingerprint density at radius 1 is 1.10 bits per heavy atom. The number of aryl methyl sites for hydroxylation is 1. The van der Waals surface area contributed by atoms with Crippen LogP contribution in [0.3, 0.4) is 0 Å². The minimum absolute atomic E-state index is 0.0813. The second kappa shape index (κ2) is 7.81. The standard InChI is InChI=1S/C17H23NO3/c1-2-3-4-5-6-7-10-13-18-14-11-8-9-12-15(14)21-16(18)17(19)20/h8-9,11-12H,2-7,10,13H2,1H3. The largest absolute Gasteiger partial charge is 0.537 e. The predicted octanol–water partition coefficient (Wildman–Crippen LogP) is 2.83. The summed E-state index contributed by atoms with van der Waals surface area (Å²) in [6.45, 7) is 2.87. The van der Waals surface area contributed by atoms with Crippen LogP contribution in [0.4, 0.5) is 0 Å². The summed E-state index contributed by atoms with van der Waals surface area (Å²) in [5, 5.41) is 11.2. The van der Waals surface area contributed by atoms with Crippen LogP contribution in [0.1, 0.15) is 62.6 Å². The normalized spacial score (nSPS) is 11.1. The van der Waals surface area contributed by atoms with E-state index in [0.29, 0.717) is 12.1 Å². The van der Waals surface area contributed by atoms with E-state index in [1.165, 1.54) is 32.1 Å². The highest BCUT2D eigenvalue weighted by atomic mass is 16.4. The molecule has 2 rings (SSSR count). The van der Waals surface area contributed by atoms with Gasteiger partial charge >= 0.3 is 5.89 Å². The van der Waals surface area contributed by atoms with Crippen molar-refractivity contribution in [1.82, 2.24) is 0 Å². The van der Waals surface area contributed by atoms with Gasteiger partial charge < -0.3 is 14.3 Å². The number of oxazole rings is 1. The first-order chi connectivity index (χ1) is 10.2. The summed E-state index contributed by atoms with van der Waals surface area (Å²) in [5.74, 6) is -1.34. The highest BCUT2D eigenvalue weighted by molar-refractivity contribution is 5.81. The Bertz CT molecular complexity index is 589. The number of unbranched alkanes of at least 4 members (excludes halogenated alkanes) is 6. The fourth-order valence-electron chi connectivity index (χ4n) is 2.64. The van der Waals surface area contributed by atoms with Crippen LogP contribution in [0.2, 0.25) is 0 Å². The molecule has 1 aromatic carbocycles. The second-order valence-corrected chi connectivity index (χ2v) is 5.44. The van der Waals surface area contributed by atoms with E-state index >= 15 is 0 Å². The smallest absolute Gasteiger partial charge is 0.397 e. The van der Waals surface area contributed by atoms with Gasteiger partial charge in [-0.3, -0.25) is 0 Å². The molecule has 1 aromatic heterocycles. The van der Waals surface area contributed by atoms with Gasteiger partial charge in [0.1, 0.15) is 0 Å². The number of carboxylic acids is 1. The Kier molecular flexibility index (Phi) is 5.78. The lowest BCUT2D eigenvalue weighted by molar-refractivity contribution is -0.681. The molecule has 2 aromatic rings. The topological polar surface area (TPSA) is 57.1 Å². The molecule has 0 N–H and O–H groups in total. The van der Waals surface area contributed by atoms with Gasteiger partial charge in [0.25, 0.3) is 5.52 Å². The minimum Gasteiger partial charge on any atom is -0.537 e. The highest BCUT2D eigenvalue weighted by Gasteiger charge is 2.22. The summed E-state index contributed by atoms with van der Waals surface area (Å²) in [6.07, 6.45) is 8.39. The number of aromatic nitrogens is 1. The SMILES string of the molecule is CCCCCCCCC[n+]1c(C(=O)[O-])oc2ccccc21. The van der Waals surface area contributed by atoms with E-state index in [1.807, 2.05) is 18.2 Å². The number of aromatic carboxylic acids is 1. The van der Waals surface area contributed by atoms with Crippen LogP contribution in [0.15, 0.2) is 28.7 Å². The molecule has 4 nitrogen and oxygen atoms in total. The summed E-state index contributed by atoms with van der Waals surface area (Å²) in [7, 11) is 0. The predicted molar refractivity (Wildman–Crippen MR) is 78.7 cm³/mol. The van der Waals surface area contributed by atoms with Gasteiger partial charge in [-0.05, 0) is 12.5 Å². The van der Waals surface area contributed by atoms with E-state index in [0.717, 1.165) is 18.4 Å². The first-order valence-corrected chi connectivity index (χ1v) is 7.86. The molecule has 0 unspecified atom stereocenters. The van der Waals surface area contributed by atoms with Gasteiger partial charge in [0.2, 0.25) is 5.58 Å². The maximum Gasteiger partial charge on any atom is 0.397 e. The number of benzene rings is 1. The van der Waals surface area contributed by atoms with Crippen molar-refractivity contribution < 1.29 is 18.9 Å². The summed E-state index contributed by atoms with van der Waals surface area (Å²) in [6, 6.07) is 7.39.